The second kappa shape index (κ2) is 6.15. The fraction of sp³-hybridized carbons (Fsp3) is 0.500. The number of nitrogens with one attached hydrogen (secondary N) is 1. The minimum absolute atomic E-state index is 0.200. The molecule has 4 nitrogen and oxygen atoms in total. The largest absolute Gasteiger partial charge is 0.399 e. The molecule has 0 aliphatic carbocycles. The van der Waals surface area contributed by atoms with Crippen LogP contribution in [-0.4, -0.2) is 15.0 Å². The summed E-state index contributed by atoms with van der Waals surface area (Å²) < 4.78 is 39.5. The molecule has 0 aromatic heterocycles. The van der Waals surface area contributed by atoms with Gasteiger partial charge in [-0.25, -0.2) is 17.5 Å². The van der Waals surface area contributed by atoms with E-state index in [0.29, 0.717) is 12.5 Å². The summed E-state index contributed by atoms with van der Waals surface area (Å²) in [7, 11) is -3.79. The average molecular weight is 274 g/mol. The van der Waals surface area contributed by atoms with Crippen LogP contribution in [0.5, 0.6) is 0 Å². The lowest BCUT2D eigenvalue weighted by Crippen LogP contribution is -2.26. The summed E-state index contributed by atoms with van der Waals surface area (Å²) in [6.07, 6.45) is 1.65. The number of sulfonamides is 1. The van der Waals surface area contributed by atoms with Crippen molar-refractivity contribution in [2.45, 2.75) is 31.6 Å². The van der Waals surface area contributed by atoms with Crippen molar-refractivity contribution in [3.05, 3.63) is 24.0 Å². The van der Waals surface area contributed by atoms with Gasteiger partial charge in [0.1, 0.15) is 10.7 Å². The molecule has 0 aliphatic heterocycles. The van der Waals surface area contributed by atoms with Crippen molar-refractivity contribution < 1.29 is 12.8 Å². The predicted octanol–water partition coefficient (Wildman–Crippen LogP) is 2.12. The molecular weight excluding hydrogens is 255 g/mol. The van der Waals surface area contributed by atoms with Crippen LogP contribution < -0.4 is 10.5 Å². The molecule has 1 aromatic rings. The minimum Gasteiger partial charge on any atom is -0.399 e. The van der Waals surface area contributed by atoms with E-state index in [4.69, 9.17) is 5.73 Å². The van der Waals surface area contributed by atoms with Crippen LogP contribution in [0, 0.1) is 11.7 Å². The van der Waals surface area contributed by atoms with Crippen molar-refractivity contribution in [1.82, 2.24) is 4.72 Å². The number of rotatable bonds is 6. The first kappa shape index (κ1) is 14.9. The fourth-order valence-corrected chi connectivity index (χ4v) is 2.66. The molecule has 1 rings (SSSR count). The number of hydrogen-bond donors (Lipinski definition) is 2. The third-order valence-corrected chi connectivity index (χ3v) is 3.99. The molecule has 0 unspecified atom stereocenters. The smallest absolute Gasteiger partial charge is 0.243 e. The summed E-state index contributed by atoms with van der Waals surface area (Å²) >= 11 is 0. The highest BCUT2D eigenvalue weighted by Crippen LogP contribution is 2.17. The lowest BCUT2D eigenvalue weighted by molar-refractivity contribution is 0.533. The Labute approximate surface area is 107 Å². The number of hydrogen-bond acceptors (Lipinski definition) is 3. The van der Waals surface area contributed by atoms with Gasteiger partial charge in [-0.3, -0.25) is 0 Å². The van der Waals surface area contributed by atoms with Gasteiger partial charge in [0.2, 0.25) is 10.0 Å². The monoisotopic (exact) mass is 274 g/mol. The van der Waals surface area contributed by atoms with Gasteiger partial charge in [-0.15, -0.1) is 0 Å². The van der Waals surface area contributed by atoms with E-state index in [2.05, 4.69) is 18.6 Å². The maximum atomic E-state index is 13.5. The normalized spacial score (nSPS) is 12.0. The van der Waals surface area contributed by atoms with Gasteiger partial charge in [0.25, 0.3) is 0 Å². The summed E-state index contributed by atoms with van der Waals surface area (Å²) in [5, 5.41) is 0. The van der Waals surface area contributed by atoms with E-state index in [1.165, 1.54) is 12.1 Å². The van der Waals surface area contributed by atoms with Gasteiger partial charge in [-0.1, -0.05) is 13.8 Å². The van der Waals surface area contributed by atoms with Gasteiger partial charge in [-0.2, -0.15) is 0 Å². The summed E-state index contributed by atoms with van der Waals surface area (Å²) in [5.74, 6) is -0.311. The molecule has 0 saturated carbocycles. The topological polar surface area (TPSA) is 72.2 Å². The predicted molar refractivity (Wildman–Crippen MR) is 70.1 cm³/mol. The Balaban J connectivity index is 2.69. The van der Waals surface area contributed by atoms with Crippen LogP contribution in [0.25, 0.3) is 0 Å². The highest BCUT2D eigenvalue weighted by atomic mass is 32.2. The number of halogens is 1. The molecular formula is C12H19FN2O2S. The van der Waals surface area contributed by atoms with E-state index >= 15 is 0 Å². The lowest BCUT2D eigenvalue weighted by Gasteiger charge is -2.09. The Morgan fingerprint density at radius 1 is 1.39 bits per heavy atom. The average Bonchev–Trinajstić information content (AvgIpc) is 2.23. The maximum absolute atomic E-state index is 13.5. The Bertz CT molecular complexity index is 501. The lowest BCUT2D eigenvalue weighted by atomic mass is 10.1. The van der Waals surface area contributed by atoms with Crippen LogP contribution in [0.1, 0.15) is 26.7 Å². The number of nitrogen functional groups attached to an aromatic ring is 1. The summed E-state index contributed by atoms with van der Waals surface area (Å²) in [6, 6.07) is 3.55. The fourth-order valence-electron chi connectivity index (χ4n) is 1.53. The third-order valence-electron chi connectivity index (χ3n) is 2.50. The molecule has 3 N–H and O–H groups in total. The second-order valence-corrected chi connectivity index (χ2v) is 6.36. The summed E-state index contributed by atoms with van der Waals surface area (Å²) in [6.45, 7) is 4.44. The van der Waals surface area contributed by atoms with Gasteiger partial charge in [0.15, 0.2) is 0 Å². The van der Waals surface area contributed by atoms with Crippen LogP contribution in [0.4, 0.5) is 10.1 Å². The standard InChI is InChI=1S/C12H19FN2O2S/c1-9(2)4-3-7-15-18(16,17)12-6-5-10(14)8-11(12)13/h5-6,8-9,15H,3-4,7,14H2,1-2H3. The Morgan fingerprint density at radius 2 is 2.06 bits per heavy atom. The third kappa shape index (κ3) is 4.27. The van der Waals surface area contributed by atoms with Crippen molar-refractivity contribution in [3.8, 4) is 0 Å². The number of benzene rings is 1. The Kier molecular flexibility index (Phi) is 5.10. The molecule has 1 aromatic carbocycles. The highest BCUT2D eigenvalue weighted by molar-refractivity contribution is 7.89. The van der Waals surface area contributed by atoms with E-state index in [1.54, 1.807) is 0 Å². The number of nitrogens with two attached hydrogens (primary N) is 1. The molecule has 0 amide bonds. The van der Waals surface area contributed by atoms with E-state index in [1.807, 2.05) is 0 Å². The van der Waals surface area contributed by atoms with Crippen LogP contribution in [0.2, 0.25) is 0 Å². The van der Waals surface area contributed by atoms with Gasteiger partial charge < -0.3 is 5.73 Å². The Morgan fingerprint density at radius 3 is 2.61 bits per heavy atom. The highest BCUT2D eigenvalue weighted by Gasteiger charge is 2.18. The van der Waals surface area contributed by atoms with Crippen LogP contribution in [0.3, 0.4) is 0 Å². The minimum atomic E-state index is -3.79. The SMILES string of the molecule is CC(C)CCCNS(=O)(=O)c1ccc(N)cc1F. The van der Waals surface area contributed by atoms with E-state index in [-0.39, 0.29) is 10.6 Å². The van der Waals surface area contributed by atoms with Crippen molar-refractivity contribution in [3.63, 3.8) is 0 Å². The first-order chi connectivity index (χ1) is 8.33. The zero-order valence-electron chi connectivity index (χ0n) is 10.6. The van der Waals surface area contributed by atoms with Gasteiger partial charge in [0.05, 0.1) is 0 Å². The van der Waals surface area contributed by atoms with Crippen LogP contribution >= 0.6 is 0 Å². The molecule has 0 heterocycles. The molecule has 0 spiro atoms. The molecule has 0 aliphatic rings. The molecule has 18 heavy (non-hydrogen) atoms. The van der Waals surface area contributed by atoms with Gasteiger partial charge in [-0.05, 0) is 37.0 Å². The first-order valence-corrected chi connectivity index (χ1v) is 7.36. The zero-order chi connectivity index (χ0) is 13.8. The van der Waals surface area contributed by atoms with Crippen molar-refractivity contribution in [2.75, 3.05) is 12.3 Å². The Hall–Kier alpha value is -1.14. The molecule has 0 atom stereocenters. The molecule has 6 heteroatoms. The van der Waals surface area contributed by atoms with E-state index in [0.717, 1.165) is 18.9 Å². The van der Waals surface area contributed by atoms with Crippen molar-refractivity contribution >= 4 is 15.7 Å². The van der Waals surface area contributed by atoms with Gasteiger partial charge in [0, 0.05) is 12.2 Å². The van der Waals surface area contributed by atoms with Crippen LogP contribution in [0.15, 0.2) is 23.1 Å². The molecule has 0 fully saturated rings. The number of anilines is 1. The zero-order valence-corrected chi connectivity index (χ0v) is 11.4. The summed E-state index contributed by atoms with van der Waals surface area (Å²) in [5.41, 5.74) is 5.57. The maximum Gasteiger partial charge on any atom is 0.243 e. The van der Waals surface area contributed by atoms with E-state index < -0.39 is 15.8 Å². The van der Waals surface area contributed by atoms with Crippen LogP contribution in [-0.2, 0) is 10.0 Å². The van der Waals surface area contributed by atoms with E-state index in [9.17, 15) is 12.8 Å². The quantitative estimate of drug-likeness (QED) is 0.616. The van der Waals surface area contributed by atoms with Gasteiger partial charge >= 0.3 is 0 Å². The summed E-state index contributed by atoms with van der Waals surface area (Å²) in [4.78, 5) is -0.360. The molecule has 102 valence electrons. The molecule has 0 saturated heterocycles. The van der Waals surface area contributed by atoms with Crippen molar-refractivity contribution in [1.29, 1.82) is 0 Å². The van der Waals surface area contributed by atoms with Crippen molar-refractivity contribution in [2.24, 2.45) is 5.92 Å². The molecule has 0 bridgehead atoms. The second-order valence-electron chi connectivity index (χ2n) is 4.62. The molecule has 0 radical (unpaired) electrons. The first-order valence-electron chi connectivity index (χ1n) is 5.87.